The number of hydrogen-bond donors (Lipinski definition) is 0. The van der Waals surface area contributed by atoms with Crippen LogP contribution in [-0.4, -0.2) is 38.3 Å². The number of rotatable bonds is 10. The Bertz CT molecular complexity index is 5600. The van der Waals surface area contributed by atoms with Gasteiger partial charge in [0.1, 0.15) is 0 Å². The molecule has 0 N–H and O–H groups in total. The molecule has 12 aromatic carbocycles. The molecule has 3 heterocycles. The Morgan fingerprint density at radius 2 is 0.571 bits per heavy atom. The highest BCUT2D eigenvalue weighted by molar-refractivity contribution is 9.10. The molecular weight excluding hydrogens is 1350 g/mol. The van der Waals surface area contributed by atoms with E-state index in [4.69, 9.17) is 29.2 Å². The van der Waals surface area contributed by atoms with Crippen LogP contribution in [0, 0.1) is 22.7 Å². The lowest BCUT2D eigenvalue weighted by atomic mass is 9.74. The van der Waals surface area contributed by atoms with Gasteiger partial charge < -0.3 is 9.31 Å². The Balaban J connectivity index is 0.000000139. The fourth-order valence-corrected chi connectivity index (χ4v) is 14.5. The van der Waals surface area contributed by atoms with Crippen molar-refractivity contribution in [3.05, 3.63) is 341 Å². The second kappa shape index (κ2) is 28.8. The Morgan fingerprint density at radius 1 is 0.295 bits per heavy atom. The molecule has 8 nitrogen and oxygen atoms in total. The number of nitriles is 2. The average Bonchev–Trinajstić information content (AvgIpc) is 1.58. The lowest BCUT2D eigenvalue weighted by Gasteiger charge is -2.32. The molecule has 0 amide bonds. The zero-order valence-corrected chi connectivity index (χ0v) is 60.9. The first-order valence-electron chi connectivity index (χ1n) is 35.1. The summed E-state index contributed by atoms with van der Waals surface area (Å²) in [6.07, 6.45) is 0. The molecule has 0 unspecified atom stereocenters. The van der Waals surface area contributed by atoms with Crippen LogP contribution in [0.3, 0.4) is 0 Å². The maximum absolute atomic E-state index is 9.49. The minimum Gasteiger partial charge on any atom is -0.399 e. The molecule has 0 atom stereocenters. The van der Waals surface area contributed by atoms with Crippen LogP contribution >= 0.6 is 15.9 Å². The Labute approximate surface area is 625 Å². The highest BCUT2D eigenvalue weighted by Crippen LogP contribution is 2.51. The van der Waals surface area contributed by atoms with E-state index in [0.29, 0.717) is 17.0 Å². The predicted octanol–water partition coefficient (Wildman–Crippen LogP) is 23.7. The predicted molar refractivity (Wildman–Crippen MR) is 434 cm³/mol. The van der Waals surface area contributed by atoms with Crippen LogP contribution < -0.4 is 5.46 Å². The number of benzene rings is 12. The molecule has 105 heavy (non-hydrogen) atoms. The van der Waals surface area contributed by atoms with Gasteiger partial charge in [-0.15, -0.1) is 0 Å². The summed E-state index contributed by atoms with van der Waals surface area (Å²) in [5.74, 6) is 1.43. The SMILES string of the molecule is Brc1ccc(-c2cc(-c3ccc(-c4ccccc4)cc3)nc(-c3ccccc3)n2)cc1.C.CC1(C)c2cc(C#N)ccc2-c2ccc(-c3ccc(-c4cc(-c5ccc(-c6ccccc6)cc5)nc(-c5ccccc5)n4)cc3)cc21.CC1(C)c2cc(C#N)ccc2-c2ccc(B3OC(C)(C)C(C)(C)O3)cc21. The van der Waals surface area contributed by atoms with Gasteiger partial charge in [-0.05, 0) is 166 Å². The molecular formula is C95H78BBrN6O2. The summed E-state index contributed by atoms with van der Waals surface area (Å²) in [7, 11) is -0.362. The number of nitrogens with zero attached hydrogens (tertiary/aromatic N) is 6. The van der Waals surface area contributed by atoms with E-state index in [1.165, 1.54) is 72.3 Å². The maximum atomic E-state index is 9.49. The van der Waals surface area contributed by atoms with E-state index < -0.39 is 0 Å². The summed E-state index contributed by atoms with van der Waals surface area (Å²) in [5, 5.41) is 18.7. The van der Waals surface area contributed by atoms with Crippen molar-refractivity contribution >= 4 is 28.5 Å². The molecule has 0 spiro atoms. The van der Waals surface area contributed by atoms with Gasteiger partial charge >= 0.3 is 7.12 Å². The Kier molecular flexibility index (Phi) is 19.3. The molecule has 3 aliphatic rings. The molecule has 1 fully saturated rings. The standard InChI is InChI=1S/C44H31N3.C28H19BrN2.C22H24BNO2.CH4/c1-44(2)39-25-29(28-45)13-23-37(39)38-24-22-36(26-40(38)44)32-16-20-34(21-17-32)42-27-41(46-43(47-42)35-11-7-4-8-12-35)33-18-14-31(15-19-33)30-9-5-3-6-10-30;29-25-17-15-23(16-18-25)27-19-26(30-28(31-27)24-9-5-2-6-10-24)22-13-11-21(12-14-22)20-7-3-1-4-8-20;1-20(2)18-11-14(13-24)7-9-16(18)17-10-8-15(12-19(17)20)23-25-21(3,4)22(5,6)26-23;/h3-27H,1-2H3;1-19H;7-12H,1-6H3;1H4. The van der Waals surface area contributed by atoms with Gasteiger partial charge in [0, 0.05) is 48.7 Å². The van der Waals surface area contributed by atoms with Crippen molar-refractivity contribution in [2.75, 3.05) is 0 Å². The zero-order valence-electron chi connectivity index (χ0n) is 59.3. The maximum Gasteiger partial charge on any atom is 0.494 e. The van der Waals surface area contributed by atoms with Crippen molar-refractivity contribution < 1.29 is 9.31 Å². The van der Waals surface area contributed by atoms with Crippen LogP contribution in [0.4, 0.5) is 0 Å². The summed E-state index contributed by atoms with van der Waals surface area (Å²) >= 11 is 3.51. The second-order valence-corrected chi connectivity index (χ2v) is 29.7. The number of aromatic nitrogens is 4. The van der Waals surface area contributed by atoms with Gasteiger partial charge in [-0.1, -0.05) is 300 Å². The smallest absolute Gasteiger partial charge is 0.399 e. The van der Waals surface area contributed by atoms with Crippen molar-refractivity contribution in [1.29, 1.82) is 10.5 Å². The monoisotopic (exact) mass is 1420 g/mol. The summed E-state index contributed by atoms with van der Waals surface area (Å²) in [6.45, 7) is 17.2. The first kappa shape index (κ1) is 70.3. The van der Waals surface area contributed by atoms with Crippen LogP contribution in [-0.2, 0) is 20.1 Å². The normalized spacial score (nSPS) is 14.1. The van der Waals surface area contributed by atoms with Crippen molar-refractivity contribution in [1.82, 2.24) is 19.9 Å². The van der Waals surface area contributed by atoms with Gasteiger partial charge in [0.25, 0.3) is 0 Å². The average molecular weight is 1430 g/mol. The van der Waals surface area contributed by atoms with Crippen LogP contribution in [0.25, 0.3) is 123 Å². The van der Waals surface area contributed by atoms with E-state index in [1.54, 1.807) is 0 Å². The van der Waals surface area contributed by atoms with E-state index in [0.717, 1.165) is 77.5 Å². The highest BCUT2D eigenvalue weighted by Gasteiger charge is 2.52. The highest BCUT2D eigenvalue weighted by atomic mass is 79.9. The number of halogens is 1. The second-order valence-electron chi connectivity index (χ2n) is 28.8. The molecule has 1 aliphatic heterocycles. The van der Waals surface area contributed by atoms with E-state index in [2.05, 4.69) is 290 Å². The molecule has 0 saturated carbocycles. The Morgan fingerprint density at radius 3 is 0.933 bits per heavy atom. The third-order valence-corrected chi connectivity index (χ3v) is 21.4. The van der Waals surface area contributed by atoms with E-state index >= 15 is 0 Å². The van der Waals surface area contributed by atoms with Crippen LogP contribution in [0.2, 0.25) is 0 Å². The van der Waals surface area contributed by atoms with Gasteiger partial charge in [-0.2, -0.15) is 10.5 Å². The van der Waals surface area contributed by atoms with Gasteiger partial charge in [0.2, 0.25) is 0 Å². The molecule has 10 heteroatoms. The molecule has 0 bridgehead atoms. The first-order chi connectivity index (χ1) is 50.3. The third-order valence-electron chi connectivity index (χ3n) is 20.9. The van der Waals surface area contributed by atoms with Crippen molar-refractivity contribution in [3.8, 4) is 136 Å². The van der Waals surface area contributed by atoms with Crippen molar-refractivity contribution in [2.24, 2.45) is 0 Å². The van der Waals surface area contributed by atoms with Gasteiger partial charge in [-0.3, -0.25) is 0 Å². The van der Waals surface area contributed by atoms with E-state index in [1.807, 2.05) is 97.1 Å². The van der Waals surface area contributed by atoms with Gasteiger partial charge in [0.15, 0.2) is 11.6 Å². The van der Waals surface area contributed by atoms with E-state index in [9.17, 15) is 10.5 Å². The first-order valence-corrected chi connectivity index (χ1v) is 35.9. The van der Waals surface area contributed by atoms with E-state index in [-0.39, 0.29) is 36.6 Å². The molecule has 2 aliphatic carbocycles. The number of fused-ring (bicyclic) bond motifs is 6. The molecule has 1 saturated heterocycles. The third kappa shape index (κ3) is 14.0. The largest absolute Gasteiger partial charge is 0.494 e. The summed E-state index contributed by atoms with van der Waals surface area (Å²) in [6, 6.07) is 109. The summed E-state index contributed by atoms with van der Waals surface area (Å²) in [4.78, 5) is 19.8. The lowest BCUT2D eigenvalue weighted by molar-refractivity contribution is 0.00578. The van der Waals surface area contributed by atoms with Gasteiger partial charge in [-0.25, -0.2) is 19.9 Å². The number of hydrogen-bond acceptors (Lipinski definition) is 8. The molecule has 17 rings (SSSR count). The molecule has 2 aromatic heterocycles. The molecule has 0 radical (unpaired) electrons. The van der Waals surface area contributed by atoms with Crippen LogP contribution in [0.1, 0.15) is 96.2 Å². The minimum atomic E-state index is -0.362. The molecule has 14 aromatic rings. The van der Waals surface area contributed by atoms with Crippen molar-refractivity contribution in [3.63, 3.8) is 0 Å². The summed E-state index contributed by atoms with van der Waals surface area (Å²) < 4.78 is 13.5. The van der Waals surface area contributed by atoms with Gasteiger partial charge in [0.05, 0.1) is 57.2 Å². The van der Waals surface area contributed by atoms with Crippen molar-refractivity contribution in [2.45, 2.75) is 84.8 Å². The summed E-state index contributed by atoms with van der Waals surface area (Å²) in [5.41, 5.74) is 28.1. The quantitative estimate of drug-likeness (QED) is 0.124. The molecule has 510 valence electrons. The van der Waals surface area contributed by atoms with Crippen LogP contribution in [0.5, 0.6) is 0 Å². The van der Waals surface area contributed by atoms with Crippen LogP contribution in [0.15, 0.2) is 308 Å². The zero-order chi connectivity index (χ0) is 71.9. The minimum absolute atomic E-state index is 0. The fraction of sp³-hybridized carbons (Fsp3) is 0.137. The fourth-order valence-electron chi connectivity index (χ4n) is 14.2. The Hall–Kier alpha value is -11.8. The topological polar surface area (TPSA) is 118 Å². The lowest BCUT2D eigenvalue weighted by Crippen LogP contribution is -2.41.